The normalized spacial score (nSPS) is 31.1. The van der Waals surface area contributed by atoms with Gasteiger partial charge in [0.25, 0.3) is 0 Å². The van der Waals surface area contributed by atoms with E-state index in [4.69, 9.17) is 0 Å². The summed E-state index contributed by atoms with van der Waals surface area (Å²) in [5, 5.41) is 7.01. The molecule has 2 heteroatoms. The Morgan fingerprint density at radius 3 is 2.73 bits per heavy atom. The first-order chi connectivity index (χ1) is 5.45. The Kier molecular flexibility index (Phi) is 2.44. The summed E-state index contributed by atoms with van der Waals surface area (Å²) < 4.78 is 0. The fraction of sp³-hybridized carbons (Fsp3) is 1.00. The summed E-state index contributed by atoms with van der Waals surface area (Å²) in [6.07, 6.45) is 5.67. The van der Waals surface area contributed by atoms with Crippen LogP contribution < -0.4 is 10.6 Å². The molecule has 1 atom stereocenters. The molecule has 2 aliphatic rings. The smallest absolute Gasteiger partial charge is 0.0192 e. The first-order valence-electron chi connectivity index (χ1n) is 4.89. The van der Waals surface area contributed by atoms with Crippen molar-refractivity contribution in [1.82, 2.24) is 10.6 Å². The fourth-order valence-electron chi connectivity index (χ4n) is 1.71. The second-order valence-electron chi connectivity index (χ2n) is 3.89. The summed E-state index contributed by atoms with van der Waals surface area (Å²) in [5.74, 6) is 1.02. The van der Waals surface area contributed by atoms with Gasteiger partial charge in [0, 0.05) is 12.6 Å². The molecule has 1 aliphatic carbocycles. The molecule has 1 aliphatic heterocycles. The van der Waals surface area contributed by atoms with Crippen LogP contribution in [-0.2, 0) is 0 Å². The van der Waals surface area contributed by atoms with Gasteiger partial charge in [0.1, 0.15) is 0 Å². The zero-order valence-corrected chi connectivity index (χ0v) is 7.10. The second-order valence-corrected chi connectivity index (χ2v) is 3.89. The standard InChI is InChI=1S/C9H18N2/c1-2-9(11-5-1)7-10-6-8-3-4-8/h8-11H,1-7H2. The van der Waals surface area contributed by atoms with E-state index in [1.807, 2.05) is 0 Å². The lowest BCUT2D eigenvalue weighted by atomic mass is 10.2. The zero-order chi connectivity index (χ0) is 7.52. The minimum absolute atomic E-state index is 0.772. The largest absolute Gasteiger partial charge is 0.315 e. The monoisotopic (exact) mass is 154 g/mol. The van der Waals surface area contributed by atoms with Crippen LogP contribution in [-0.4, -0.2) is 25.7 Å². The number of nitrogens with one attached hydrogen (secondary N) is 2. The maximum absolute atomic E-state index is 3.53. The summed E-state index contributed by atoms with van der Waals surface area (Å²) in [6, 6.07) is 0.772. The highest BCUT2D eigenvalue weighted by atomic mass is 15.0. The molecule has 2 N–H and O–H groups in total. The molecule has 0 aromatic rings. The first-order valence-corrected chi connectivity index (χ1v) is 4.89. The lowest BCUT2D eigenvalue weighted by Gasteiger charge is -2.10. The van der Waals surface area contributed by atoms with Crippen molar-refractivity contribution in [2.75, 3.05) is 19.6 Å². The summed E-state index contributed by atoms with van der Waals surface area (Å²) in [4.78, 5) is 0. The van der Waals surface area contributed by atoms with Crippen molar-refractivity contribution in [2.45, 2.75) is 31.7 Å². The molecule has 1 unspecified atom stereocenters. The molecule has 1 saturated carbocycles. The van der Waals surface area contributed by atoms with E-state index in [0.717, 1.165) is 12.0 Å². The number of hydrogen-bond donors (Lipinski definition) is 2. The minimum Gasteiger partial charge on any atom is -0.315 e. The van der Waals surface area contributed by atoms with Crippen LogP contribution >= 0.6 is 0 Å². The van der Waals surface area contributed by atoms with E-state index in [2.05, 4.69) is 10.6 Å². The van der Waals surface area contributed by atoms with Gasteiger partial charge in [-0.05, 0) is 44.7 Å². The lowest BCUT2D eigenvalue weighted by Crippen LogP contribution is -2.34. The van der Waals surface area contributed by atoms with Gasteiger partial charge in [-0.25, -0.2) is 0 Å². The van der Waals surface area contributed by atoms with Crippen LogP contribution in [0.3, 0.4) is 0 Å². The van der Waals surface area contributed by atoms with Gasteiger partial charge in [-0.3, -0.25) is 0 Å². The van der Waals surface area contributed by atoms with Crippen molar-refractivity contribution in [2.24, 2.45) is 5.92 Å². The van der Waals surface area contributed by atoms with E-state index in [9.17, 15) is 0 Å². The van der Waals surface area contributed by atoms with Crippen LogP contribution in [0.1, 0.15) is 25.7 Å². The van der Waals surface area contributed by atoms with Crippen molar-refractivity contribution < 1.29 is 0 Å². The van der Waals surface area contributed by atoms with Gasteiger partial charge in [0.05, 0.1) is 0 Å². The SMILES string of the molecule is C1CNC(CNCC2CC2)C1. The number of rotatable bonds is 4. The highest BCUT2D eigenvalue weighted by Gasteiger charge is 2.21. The molecule has 1 heterocycles. The molecule has 11 heavy (non-hydrogen) atoms. The van der Waals surface area contributed by atoms with Gasteiger partial charge in [-0.15, -0.1) is 0 Å². The van der Waals surface area contributed by atoms with Gasteiger partial charge in [0.2, 0.25) is 0 Å². The molecule has 1 saturated heterocycles. The molecule has 2 nitrogen and oxygen atoms in total. The third-order valence-electron chi connectivity index (χ3n) is 2.68. The van der Waals surface area contributed by atoms with Crippen LogP contribution in [0.2, 0.25) is 0 Å². The summed E-state index contributed by atoms with van der Waals surface area (Å²) in [6.45, 7) is 3.68. The highest BCUT2D eigenvalue weighted by molar-refractivity contribution is 4.79. The van der Waals surface area contributed by atoms with Crippen molar-refractivity contribution in [3.63, 3.8) is 0 Å². The Balaban J connectivity index is 1.51. The third kappa shape index (κ3) is 2.46. The van der Waals surface area contributed by atoms with Crippen LogP contribution in [0, 0.1) is 5.92 Å². The Morgan fingerprint density at radius 1 is 1.18 bits per heavy atom. The second kappa shape index (κ2) is 3.55. The average Bonchev–Trinajstić information content (AvgIpc) is 2.66. The fourth-order valence-corrected chi connectivity index (χ4v) is 1.71. The minimum atomic E-state index is 0.772. The maximum atomic E-state index is 3.53. The summed E-state index contributed by atoms with van der Waals surface area (Å²) in [5.41, 5.74) is 0. The van der Waals surface area contributed by atoms with Gasteiger partial charge < -0.3 is 10.6 Å². The Hall–Kier alpha value is -0.0800. The van der Waals surface area contributed by atoms with Crippen LogP contribution in [0.4, 0.5) is 0 Å². The van der Waals surface area contributed by atoms with Crippen molar-refractivity contribution in [3.8, 4) is 0 Å². The molecule has 0 amide bonds. The van der Waals surface area contributed by atoms with Crippen molar-refractivity contribution in [1.29, 1.82) is 0 Å². The average molecular weight is 154 g/mol. The maximum Gasteiger partial charge on any atom is 0.0192 e. The molecule has 0 radical (unpaired) electrons. The Bertz CT molecular complexity index is 115. The molecule has 0 bridgehead atoms. The zero-order valence-electron chi connectivity index (χ0n) is 7.10. The van der Waals surface area contributed by atoms with Gasteiger partial charge >= 0.3 is 0 Å². The van der Waals surface area contributed by atoms with Crippen molar-refractivity contribution >= 4 is 0 Å². The predicted molar refractivity (Wildman–Crippen MR) is 46.6 cm³/mol. The highest BCUT2D eigenvalue weighted by Crippen LogP contribution is 2.27. The van der Waals surface area contributed by atoms with E-state index in [0.29, 0.717) is 0 Å². The van der Waals surface area contributed by atoms with Crippen molar-refractivity contribution in [3.05, 3.63) is 0 Å². The van der Waals surface area contributed by atoms with Crippen LogP contribution in [0.5, 0.6) is 0 Å². The Morgan fingerprint density at radius 2 is 2.09 bits per heavy atom. The third-order valence-corrected chi connectivity index (χ3v) is 2.68. The lowest BCUT2D eigenvalue weighted by molar-refractivity contribution is 0.524. The topological polar surface area (TPSA) is 24.1 Å². The number of hydrogen-bond acceptors (Lipinski definition) is 2. The molecule has 64 valence electrons. The quantitative estimate of drug-likeness (QED) is 0.624. The van der Waals surface area contributed by atoms with Gasteiger partial charge in [-0.1, -0.05) is 0 Å². The Labute approximate surface area is 68.7 Å². The van der Waals surface area contributed by atoms with E-state index < -0.39 is 0 Å². The molecular formula is C9H18N2. The summed E-state index contributed by atoms with van der Waals surface area (Å²) in [7, 11) is 0. The van der Waals surface area contributed by atoms with Crippen LogP contribution in [0.15, 0.2) is 0 Å². The van der Waals surface area contributed by atoms with E-state index >= 15 is 0 Å². The van der Waals surface area contributed by atoms with E-state index in [1.54, 1.807) is 0 Å². The van der Waals surface area contributed by atoms with E-state index in [-0.39, 0.29) is 0 Å². The first kappa shape index (κ1) is 7.56. The summed E-state index contributed by atoms with van der Waals surface area (Å²) >= 11 is 0. The van der Waals surface area contributed by atoms with Crippen LogP contribution in [0.25, 0.3) is 0 Å². The molecule has 0 spiro atoms. The van der Waals surface area contributed by atoms with Gasteiger partial charge in [0.15, 0.2) is 0 Å². The molecule has 2 rings (SSSR count). The van der Waals surface area contributed by atoms with Gasteiger partial charge in [-0.2, -0.15) is 0 Å². The molecule has 2 fully saturated rings. The molecule has 0 aromatic carbocycles. The molecule has 0 aromatic heterocycles. The van der Waals surface area contributed by atoms with E-state index in [1.165, 1.54) is 45.3 Å². The predicted octanol–water partition coefficient (Wildman–Crippen LogP) is 0.738. The molecular weight excluding hydrogens is 136 g/mol.